The van der Waals surface area contributed by atoms with E-state index in [0.717, 1.165) is 11.3 Å². The SMILES string of the molecule is Clc1ccc(-n2c(-c3ccc(Cl)cc3Cl)nc3cncnc32)cc1. The first-order chi connectivity index (χ1) is 11.6. The van der Waals surface area contributed by atoms with Crippen molar-refractivity contribution in [2.24, 2.45) is 0 Å². The number of halogens is 3. The third-order valence-electron chi connectivity index (χ3n) is 3.58. The summed E-state index contributed by atoms with van der Waals surface area (Å²) in [5.41, 5.74) is 3.00. The summed E-state index contributed by atoms with van der Waals surface area (Å²) in [7, 11) is 0. The van der Waals surface area contributed by atoms with Gasteiger partial charge < -0.3 is 0 Å². The molecule has 0 bridgehead atoms. The highest BCUT2D eigenvalue weighted by Gasteiger charge is 2.17. The molecule has 0 aliphatic rings. The quantitative estimate of drug-likeness (QED) is 0.468. The standard InChI is InChI=1S/C17H9Cl3N4/c18-10-1-4-12(5-2-10)24-16(13-6-3-11(19)7-14(13)20)23-15-8-21-9-22-17(15)24/h1-9H. The van der Waals surface area contributed by atoms with Crippen LogP contribution < -0.4 is 0 Å². The zero-order valence-corrected chi connectivity index (χ0v) is 14.4. The first-order valence-corrected chi connectivity index (χ1v) is 8.17. The van der Waals surface area contributed by atoms with E-state index in [1.807, 2.05) is 34.9 Å². The molecule has 2 heterocycles. The molecule has 4 nitrogen and oxygen atoms in total. The number of hydrogen-bond donors (Lipinski definition) is 0. The van der Waals surface area contributed by atoms with Gasteiger partial charge >= 0.3 is 0 Å². The van der Waals surface area contributed by atoms with E-state index in [1.54, 1.807) is 18.3 Å². The number of benzene rings is 2. The molecular weight excluding hydrogens is 367 g/mol. The molecular formula is C17H9Cl3N4. The molecule has 0 saturated heterocycles. The van der Waals surface area contributed by atoms with Gasteiger partial charge in [0.1, 0.15) is 17.7 Å². The Bertz CT molecular complexity index is 1040. The third-order valence-corrected chi connectivity index (χ3v) is 4.38. The highest BCUT2D eigenvalue weighted by molar-refractivity contribution is 6.36. The summed E-state index contributed by atoms with van der Waals surface area (Å²) in [4.78, 5) is 13.1. The van der Waals surface area contributed by atoms with Gasteiger partial charge in [-0.25, -0.2) is 15.0 Å². The molecule has 0 unspecified atom stereocenters. The summed E-state index contributed by atoms with van der Waals surface area (Å²) in [6, 6.07) is 12.7. The van der Waals surface area contributed by atoms with Crippen molar-refractivity contribution in [3.8, 4) is 17.1 Å². The van der Waals surface area contributed by atoms with Gasteiger partial charge in [-0.15, -0.1) is 0 Å². The Balaban J connectivity index is 2.05. The molecule has 7 heteroatoms. The van der Waals surface area contributed by atoms with Gasteiger partial charge in [0.25, 0.3) is 0 Å². The average Bonchev–Trinajstić information content (AvgIpc) is 2.95. The molecule has 118 valence electrons. The fourth-order valence-corrected chi connectivity index (χ4v) is 3.14. The lowest BCUT2D eigenvalue weighted by atomic mass is 10.2. The zero-order chi connectivity index (χ0) is 16.7. The number of nitrogens with zero attached hydrogens (tertiary/aromatic N) is 4. The minimum atomic E-state index is 0.515. The summed E-state index contributed by atoms with van der Waals surface area (Å²) in [5, 5.41) is 1.74. The van der Waals surface area contributed by atoms with Crippen molar-refractivity contribution in [3.05, 3.63) is 70.1 Å². The van der Waals surface area contributed by atoms with E-state index >= 15 is 0 Å². The summed E-state index contributed by atoms with van der Waals surface area (Å²) in [6.45, 7) is 0. The number of fused-ring (bicyclic) bond motifs is 1. The van der Waals surface area contributed by atoms with Gasteiger partial charge in [0.15, 0.2) is 5.65 Å². The maximum Gasteiger partial charge on any atom is 0.168 e. The van der Waals surface area contributed by atoms with Crippen LogP contribution in [-0.2, 0) is 0 Å². The molecule has 0 spiro atoms. The van der Waals surface area contributed by atoms with Gasteiger partial charge in [-0.1, -0.05) is 34.8 Å². The molecule has 0 N–H and O–H groups in total. The number of aromatic nitrogens is 4. The number of imidazole rings is 1. The van der Waals surface area contributed by atoms with Crippen LogP contribution in [-0.4, -0.2) is 19.5 Å². The minimum Gasteiger partial charge on any atom is -0.277 e. The lowest BCUT2D eigenvalue weighted by Crippen LogP contribution is -1.99. The van der Waals surface area contributed by atoms with Gasteiger partial charge in [-0.3, -0.25) is 4.57 Å². The molecule has 4 rings (SSSR count). The van der Waals surface area contributed by atoms with Crippen LogP contribution in [0.25, 0.3) is 28.2 Å². The van der Waals surface area contributed by atoms with Gasteiger partial charge in [-0.2, -0.15) is 0 Å². The first kappa shape index (κ1) is 15.4. The minimum absolute atomic E-state index is 0.515. The fraction of sp³-hybridized carbons (Fsp3) is 0. The van der Waals surface area contributed by atoms with Crippen LogP contribution in [0.3, 0.4) is 0 Å². The van der Waals surface area contributed by atoms with E-state index in [2.05, 4.69) is 15.0 Å². The molecule has 0 aliphatic heterocycles. The Morgan fingerprint density at radius 2 is 1.62 bits per heavy atom. The highest BCUT2D eigenvalue weighted by atomic mass is 35.5. The third kappa shape index (κ3) is 2.63. The van der Waals surface area contributed by atoms with Crippen LogP contribution in [0.15, 0.2) is 55.0 Å². The Morgan fingerprint density at radius 1 is 0.875 bits per heavy atom. The Hall–Kier alpha value is -2.14. The molecule has 2 aromatic heterocycles. The number of hydrogen-bond acceptors (Lipinski definition) is 3. The fourth-order valence-electron chi connectivity index (χ4n) is 2.52. The van der Waals surface area contributed by atoms with Crippen LogP contribution in [0.1, 0.15) is 0 Å². The lowest BCUT2D eigenvalue weighted by molar-refractivity contribution is 1.07. The molecule has 0 amide bonds. The Labute approximate surface area is 152 Å². The van der Waals surface area contributed by atoms with Crippen molar-refractivity contribution in [2.75, 3.05) is 0 Å². The molecule has 4 aromatic rings. The number of rotatable bonds is 2. The van der Waals surface area contributed by atoms with Gasteiger partial charge in [0, 0.05) is 21.3 Å². The highest BCUT2D eigenvalue weighted by Crippen LogP contribution is 2.33. The normalized spacial score (nSPS) is 11.1. The van der Waals surface area contributed by atoms with Crippen molar-refractivity contribution in [3.63, 3.8) is 0 Å². The van der Waals surface area contributed by atoms with E-state index in [0.29, 0.717) is 32.1 Å². The van der Waals surface area contributed by atoms with Crippen molar-refractivity contribution >= 4 is 46.0 Å². The van der Waals surface area contributed by atoms with E-state index in [9.17, 15) is 0 Å². The van der Waals surface area contributed by atoms with Gasteiger partial charge in [0.05, 0.1) is 11.2 Å². The van der Waals surface area contributed by atoms with E-state index < -0.39 is 0 Å². The average molecular weight is 376 g/mol. The maximum atomic E-state index is 6.38. The van der Waals surface area contributed by atoms with Crippen molar-refractivity contribution in [1.29, 1.82) is 0 Å². The first-order valence-electron chi connectivity index (χ1n) is 7.03. The molecule has 0 saturated carbocycles. The summed E-state index contributed by atoms with van der Waals surface area (Å²) in [6.07, 6.45) is 3.16. The smallest absolute Gasteiger partial charge is 0.168 e. The van der Waals surface area contributed by atoms with E-state index in [-0.39, 0.29) is 0 Å². The largest absolute Gasteiger partial charge is 0.277 e. The molecule has 24 heavy (non-hydrogen) atoms. The molecule has 2 aromatic carbocycles. The van der Waals surface area contributed by atoms with Crippen LogP contribution in [0.4, 0.5) is 0 Å². The summed E-state index contributed by atoms with van der Waals surface area (Å²) < 4.78 is 1.92. The van der Waals surface area contributed by atoms with Crippen LogP contribution in [0.2, 0.25) is 15.1 Å². The topological polar surface area (TPSA) is 43.6 Å². The molecule has 0 atom stereocenters. The van der Waals surface area contributed by atoms with Crippen molar-refractivity contribution in [2.45, 2.75) is 0 Å². The van der Waals surface area contributed by atoms with E-state index in [4.69, 9.17) is 34.8 Å². The van der Waals surface area contributed by atoms with Gasteiger partial charge in [0.2, 0.25) is 0 Å². The molecule has 0 radical (unpaired) electrons. The monoisotopic (exact) mass is 374 g/mol. The predicted molar refractivity (Wildman–Crippen MR) is 97.1 cm³/mol. The zero-order valence-electron chi connectivity index (χ0n) is 12.1. The molecule has 0 fully saturated rings. The maximum absolute atomic E-state index is 6.38. The lowest BCUT2D eigenvalue weighted by Gasteiger charge is -2.10. The van der Waals surface area contributed by atoms with Crippen molar-refractivity contribution < 1.29 is 0 Å². The van der Waals surface area contributed by atoms with Crippen LogP contribution in [0.5, 0.6) is 0 Å². The second-order valence-electron chi connectivity index (χ2n) is 5.10. The predicted octanol–water partition coefficient (Wildman–Crippen LogP) is 5.44. The second kappa shape index (κ2) is 6.06. The Kier molecular flexibility index (Phi) is 3.88. The van der Waals surface area contributed by atoms with Crippen LogP contribution >= 0.6 is 34.8 Å². The molecule has 0 aliphatic carbocycles. The summed E-state index contributed by atoms with van der Waals surface area (Å²) in [5.74, 6) is 0.662. The van der Waals surface area contributed by atoms with E-state index in [1.165, 1.54) is 6.33 Å². The van der Waals surface area contributed by atoms with Crippen LogP contribution in [0, 0.1) is 0 Å². The van der Waals surface area contributed by atoms with Crippen molar-refractivity contribution in [1.82, 2.24) is 19.5 Å². The van der Waals surface area contributed by atoms with Gasteiger partial charge in [-0.05, 0) is 42.5 Å². The second-order valence-corrected chi connectivity index (χ2v) is 6.38. The summed E-state index contributed by atoms with van der Waals surface area (Å²) >= 11 is 18.4. The Morgan fingerprint density at radius 3 is 2.38 bits per heavy atom.